The first-order valence-electron chi connectivity index (χ1n) is 4.95. The van der Waals surface area contributed by atoms with Crippen molar-refractivity contribution in [3.8, 4) is 0 Å². The molecule has 0 aromatic carbocycles. The molecule has 0 saturated carbocycles. The molecule has 0 spiro atoms. The lowest BCUT2D eigenvalue weighted by atomic mass is 10.2. The average Bonchev–Trinajstić information content (AvgIpc) is 2.75. The summed E-state index contributed by atoms with van der Waals surface area (Å²) in [6.07, 6.45) is 3.56. The molecule has 1 aliphatic heterocycles. The highest BCUT2D eigenvalue weighted by Crippen LogP contribution is 2.21. The monoisotopic (exact) mass is 213 g/mol. The lowest BCUT2D eigenvalue weighted by molar-refractivity contribution is 0.111. The van der Waals surface area contributed by atoms with Gasteiger partial charge < -0.3 is 10.5 Å². The molecule has 14 heavy (non-hydrogen) atoms. The zero-order valence-electron chi connectivity index (χ0n) is 8.27. The van der Waals surface area contributed by atoms with E-state index in [0.29, 0.717) is 6.10 Å². The van der Waals surface area contributed by atoms with E-state index in [1.165, 1.54) is 6.42 Å². The van der Waals surface area contributed by atoms with Gasteiger partial charge >= 0.3 is 0 Å². The van der Waals surface area contributed by atoms with Crippen LogP contribution in [0.1, 0.15) is 35.8 Å². The number of nitrogens with zero attached hydrogens (tertiary/aromatic N) is 2. The molecule has 5 heteroatoms. The Labute approximate surface area is 87.5 Å². The summed E-state index contributed by atoms with van der Waals surface area (Å²) in [6.45, 7) is 2.82. The van der Waals surface area contributed by atoms with Gasteiger partial charge in [-0.25, -0.2) is 0 Å². The largest absolute Gasteiger partial charge is 0.378 e. The Kier molecular flexibility index (Phi) is 3.10. The van der Waals surface area contributed by atoms with Crippen LogP contribution in [0.25, 0.3) is 0 Å². The molecule has 0 radical (unpaired) electrons. The Morgan fingerprint density at radius 3 is 3.07 bits per heavy atom. The van der Waals surface area contributed by atoms with Crippen LogP contribution >= 0.6 is 11.3 Å². The van der Waals surface area contributed by atoms with Gasteiger partial charge in [0.25, 0.3) is 0 Å². The van der Waals surface area contributed by atoms with Crippen LogP contribution in [0.3, 0.4) is 0 Å². The summed E-state index contributed by atoms with van der Waals surface area (Å²) >= 11 is 1.60. The van der Waals surface area contributed by atoms with Crippen molar-refractivity contribution < 1.29 is 4.74 Å². The highest BCUT2D eigenvalue weighted by Gasteiger charge is 2.18. The second-order valence-electron chi connectivity index (χ2n) is 3.66. The first-order valence-corrected chi connectivity index (χ1v) is 5.77. The average molecular weight is 213 g/mol. The van der Waals surface area contributed by atoms with Crippen LogP contribution in [0.15, 0.2) is 0 Å². The summed E-state index contributed by atoms with van der Waals surface area (Å²) in [5.41, 5.74) is 5.71. The van der Waals surface area contributed by atoms with E-state index in [-0.39, 0.29) is 6.04 Å². The molecule has 1 fully saturated rings. The summed E-state index contributed by atoms with van der Waals surface area (Å²) in [5, 5.41) is 10.1. The third-order valence-electron chi connectivity index (χ3n) is 2.30. The van der Waals surface area contributed by atoms with E-state index in [9.17, 15) is 0 Å². The Hall–Kier alpha value is -0.520. The molecule has 4 nitrogen and oxygen atoms in total. The fourth-order valence-corrected chi connectivity index (χ4v) is 2.39. The van der Waals surface area contributed by atoms with Crippen molar-refractivity contribution in [3.63, 3.8) is 0 Å². The van der Waals surface area contributed by atoms with Crippen molar-refractivity contribution in [3.05, 3.63) is 10.0 Å². The summed E-state index contributed by atoms with van der Waals surface area (Å²) in [7, 11) is 0. The van der Waals surface area contributed by atoms with E-state index in [1.54, 1.807) is 11.3 Å². The van der Waals surface area contributed by atoms with E-state index >= 15 is 0 Å². The molecule has 2 heterocycles. The third-order valence-corrected chi connectivity index (χ3v) is 3.44. The lowest BCUT2D eigenvalue weighted by Crippen LogP contribution is -2.08. The molecule has 1 aromatic rings. The van der Waals surface area contributed by atoms with Gasteiger partial charge in [0, 0.05) is 13.0 Å². The fourth-order valence-electron chi connectivity index (χ4n) is 1.53. The quantitative estimate of drug-likeness (QED) is 0.821. The summed E-state index contributed by atoms with van der Waals surface area (Å²) in [5.74, 6) is 0. The summed E-state index contributed by atoms with van der Waals surface area (Å²) in [4.78, 5) is 0. The van der Waals surface area contributed by atoms with Crippen molar-refractivity contribution >= 4 is 11.3 Å². The number of rotatable bonds is 3. The van der Waals surface area contributed by atoms with Gasteiger partial charge in [-0.15, -0.1) is 10.2 Å². The van der Waals surface area contributed by atoms with Gasteiger partial charge in [-0.1, -0.05) is 11.3 Å². The van der Waals surface area contributed by atoms with Crippen LogP contribution in [-0.4, -0.2) is 22.9 Å². The van der Waals surface area contributed by atoms with Crippen molar-refractivity contribution in [1.29, 1.82) is 0 Å². The van der Waals surface area contributed by atoms with Crippen LogP contribution in [0.4, 0.5) is 0 Å². The molecular formula is C9H15N3OS. The molecule has 2 rings (SSSR count). The Balaban J connectivity index is 1.95. The maximum atomic E-state index is 5.71. The number of ether oxygens (including phenoxy) is 1. The maximum absolute atomic E-state index is 5.71. The third kappa shape index (κ3) is 2.29. The van der Waals surface area contributed by atoms with Crippen molar-refractivity contribution in [1.82, 2.24) is 10.2 Å². The zero-order chi connectivity index (χ0) is 9.97. The molecule has 1 saturated heterocycles. The van der Waals surface area contributed by atoms with Crippen LogP contribution in [-0.2, 0) is 11.2 Å². The van der Waals surface area contributed by atoms with Gasteiger partial charge in [-0.2, -0.15) is 0 Å². The molecule has 0 amide bonds. The number of aromatic nitrogens is 2. The highest BCUT2D eigenvalue weighted by atomic mass is 32.1. The number of hydrogen-bond acceptors (Lipinski definition) is 5. The topological polar surface area (TPSA) is 61.0 Å². The van der Waals surface area contributed by atoms with Gasteiger partial charge in [-0.3, -0.25) is 0 Å². The smallest absolute Gasteiger partial charge is 0.133 e. The SMILES string of the molecule is CC(N)c1nnc(CC2CCCO2)s1. The maximum Gasteiger partial charge on any atom is 0.133 e. The van der Waals surface area contributed by atoms with Crippen molar-refractivity contribution in [2.75, 3.05) is 6.61 Å². The second kappa shape index (κ2) is 4.33. The fraction of sp³-hybridized carbons (Fsp3) is 0.778. The minimum atomic E-state index is -0.00857. The molecule has 0 aliphatic carbocycles. The van der Waals surface area contributed by atoms with E-state index in [2.05, 4.69) is 10.2 Å². The van der Waals surface area contributed by atoms with Crippen LogP contribution in [0, 0.1) is 0 Å². The summed E-state index contributed by atoms with van der Waals surface area (Å²) < 4.78 is 5.53. The normalized spacial score (nSPS) is 24.0. The number of hydrogen-bond donors (Lipinski definition) is 1. The lowest BCUT2D eigenvalue weighted by Gasteiger charge is -2.04. The molecule has 2 unspecified atom stereocenters. The predicted molar refractivity (Wildman–Crippen MR) is 55.2 cm³/mol. The van der Waals surface area contributed by atoms with Gasteiger partial charge in [-0.05, 0) is 19.8 Å². The van der Waals surface area contributed by atoms with Gasteiger partial charge in [0.15, 0.2) is 0 Å². The highest BCUT2D eigenvalue weighted by molar-refractivity contribution is 7.11. The van der Waals surface area contributed by atoms with Gasteiger partial charge in [0.05, 0.1) is 12.1 Å². The van der Waals surface area contributed by atoms with Crippen LogP contribution in [0.2, 0.25) is 0 Å². The summed E-state index contributed by atoms with van der Waals surface area (Å²) in [6, 6.07) is -0.00857. The Morgan fingerprint density at radius 1 is 1.64 bits per heavy atom. The molecule has 1 aromatic heterocycles. The first kappa shape index (κ1) is 10.0. The molecule has 78 valence electrons. The van der Waals surface area contributed by atoms with E-state index < -0.39 is 0 Å². The van der Waals surface area contributed by atoms with E-state index in [1.807, 2.05) is 6.92 Å². The molecule has 2 atom stereocenters. The Morgan fingerprint density at radius 2 is 2.50 bits per heavy atom. The zero-order valence-corrected chi connectivity index (χ0v) is 9.09. The predicted octanol–water partition coefficient (Wildman–Crippen LogP) is 1.28. The van der Waals surface area contributed by atoms with Crippen molar-refractivity contribution in [2.24, 2.45) is 5.73 Å². The minimum absolute atomic E-state index is 0.00857. The van der Waals surface area contributed by atoms with Gasteiger partial charge in [0.1, 0.15) is 10.0 Å². The number of nitrogens with two attached hydrogens (primary N) is 1. The molecule has 1 aliphatic rings. The van der Waals surface area contributed by atoms with Gasteiger partial charge in [0.2, 0.25) is 0 Å². The standard InChI is InChI=1S/C9H15N3OS/c1-6(10)9-12-11-8(14-9)5-7-3-2-4-13-7/h6-7H,2-5,10H2,1H3. The minimum Gasteiger partial charge on any atom is -0.378 e. The van der Waals surface area contributed by atoms with E-state index in [4.69, 9.17) is 10.5 Å². The molecular weight excluding hydrogens is 198 g/mol. The van der Waals surface area contributed by atoms with Crippen LogP contribution < -0.4 is 5.73 Å². The Bertz CT molecular complexity index is 294. The van der Waals surface area contributed by atoms with Crippen molar-refractivity contribution in [2.45, 2.75) is 38.3 Å². The first-order chi connectivity index (χ1) is 6.75. The second-order valence-corrected chi connectivity index (χ2v) is 4.76. The molecule has 0 bridgehead atoms. The van der Waals surface area contributed by atoms with E-state index in [0.717, 1.165) is 29.5 Å². The molecule has 2 N–H and O–H groups in total. The van der Waals surface area contributed by atoms with Crippen LogP contribution in [0.5, 0.6) is 0 Å².